The molecule has 1 heterocycles. The van der Waals surface area contributed by atoms with Crippen LogP contribution in [0.25, 0.3) is 11.5 Å². The molecule has 7 heteroatoms. The Balaban J connectivity index is 1.67. The monoisotopic (exact) mass is 385 g/mol. The lowest BCUT2D eigenvalue weighted by Crippen LogP contribution is -2.22. The number of carbonyl (C=O) groups is 1. The van der Waals surface area contributed by atoms with Gasteiger partial charge in [-0.3, -0.25) is 4.79 Å². The van der Waals surface area contributed by atoms with E-state index in [0.717, 1.165) is 28.5 Å². The number of nitrogens with one attached hydrogen (secondary N) is 1. The van der Waals surface area contributed by atoms with E-state index in [-0.39, 0.29) is 11.7 Å². The highest BCUT2D eigenvalue weighted by Gasteiger charge is 2.19. The zero-order valence-electron chi connectivity index (χ0n) is 15.5. The highest BCUT2D eigenvalue weighted by Crippen LogP contribution is 2.28. The predicted octanol–water partition coefficient (Wildman–Crippen LogP) is 4.92. The molecule has 1 amide bonds. The van der Waals surface area contributed by atoms with Crippen molar-refractivity contribution in [2.45, 2.75) is 38.2 Å². The Labute approximate surface area is 161 Å². The number of halogens is 1. The summed E-state index contributed by atoms with van der Waals surface area (Å²) in [5.41, 5.74) is 4.00. The van der Waals surface area contributed by atoms with Crippen LogP contribution in [-0.4, -0.2) is 21.4 Å². The van der Waals surface area contributed by atoms with Gasteiger partial charge in [-0.05, 0) is 57.5 Å². The van der Waals surface area contributed by atoms with Crippen molar-refractivity contribution >= 4 is 23.4 Å². The number of amides is 1. The molecule has 0 spiro atoms. The first-order chi connectivity index (χ1) is 12.8. The topological polar surface area (TPSA) is 68.0 Å². The molecule has 0 fully saturated rings. The summed E-state index contributed by atoms with van der Waals surface area (Å²) in [7, 11) is 0. The molecule has 27 heavy (non-hydrogen) atoms. The normalized spacial score (nSPS) is 12.0. The minimum atomic E-state index is -0.484. The SMILES string of the molecule is Cc1cc(C)cc(-c2nnc(S[C@@H](C)C(=O)Nc3ccc(C)c(F)c3)o2)c1. The molecule has 0 aliphatic heterocycles. The van der Waals surface area contributed by atoms with Gasteiger partial charge in [0.25, 0.3) is 5.22 Å². The first kappa shape index (κ1) is 19.1. The Bertz CT molecular complexity index is 967. The third-order valence-electron chi connectivity index (χ3n) is 3.96. The number of rotatable bonds is 5. The maximum atomic E-state index is 13.6. The highest BCUT2D eigenvalue weighted by atomic mass is 32.2. The van der Waals surface area contributed by atoms with E-state index in [4.69, 9.17) is 4.42 Å². The van der Waals surface area contributed by atoms with Gasteiger partial charge in [-0.15, -0.1) is 10.2 Å². The van der Waals surface area contributed by atoms with E-state index in [9.17, 15) is 9.18 Å². The van der Waals surface area contributed by atoms with Crippen molar-refractivity contribution in [2.75, 3.05) is 5.32 Å². The number of benzene rings is 2. The number of hydrogen-bond acceptors (Lipinski definition) is 5. The molecule has 0 aliphatic carbocycles. The average molecular weight is 385 g/mol. The van der Waals surface area contributed by atoms with Crippen LogP contribution >= 0.6 is 11.8 Å². The Morgan fingerprint density at radius 2 is 1.81 bits per heavy atom. The Hall–Kier alpha value is -2.67. The van der Waals surface area contributed by atoms with Crippen LogP contribution < -0.4 is 5.32 Å². The lowest BCUT2D eigenvalue weighted by atomic mass is 10.1. The van der Waals surface area contributed by atoms with Crippen molar-refractivity contribution in [3.05, 3.63) is 58.9 Å². The van der Waals surface area contributed by atoms with Gasteiger partial charge in [0, 0.05) is 11.3 Å². The van der Waals surface area contributed by atoms with Crippen molar-refractivity contribution in [3.63, 3.8) is 0 Å². The van der Waals surface area contributed by atoms with E-state index in [1.54, 1.807) is 26.0 Å². The summed E-state index contributed by atoms with van der Waals surface area (Å²) in [6, 6.07) is 10.6. The lowest BCUT2D eigenvalue weighted by molar-refractivity contribution is -0.115. The molecule has 2 aromatic carbocycles. The summed E-state index contributed by atoms with van der Waals surface area (Å²) in [6.07, 6.45) is 0. The third-order valence-corrected chi connectivity index (χ3v) is 4.90. The zero-order valence-corrected chi connectivity index (χ0v) is 16.4. The molecule has 0 bridgehead atoms. The molecular formula is C20H20FN3O2S. The second-order valence-electron chi connectivity index (χ2n) is 6.46. The molecular weight excluding hydrogens is 365 g/mol. The number of aryl methyl sites for hydroxylation is 3. The van der Waals surface area contributed by atoms with Gasteiger partial charge in [0.05, 0.1) is 5.25 Å². The van der Waals surface area contributed by atoms with Gasteiger partial charge < -0.3 is 9.73 Å². The Kier molecular flexibility index (Phi) is 5.60. The minimum Gasteiger partial charge on any atom is -0.411 e. The fraction of sp³-hybridized carbons (Fsp3) is 0.250. The smallest absolute Gasteiger partial charge is 0.277 e. The van der Waals surface area contributed by atoms with Crippen LogP contribution in [-0.2, 0) is 4.79 Å². The molecule has 1 N–H and O–H groups in total. The van der Waals surface area contributed by atoms with Gasteiger partial charge in [-0.1, -0.05) is 35.0 Å². The molecule has 1 aromatic heterocycles. The highest BCUT2D eigenvalue weighted by molar-refractivity contribution is 8.00. The van der Waals surface area contributed by atoms with E-state index < -0.39 is 5.25 Å². The van der Waals surface area contributed by atoms with Crippen LogP contribution in [0.1, 0.15) is 23.6 Å². The molecule has 0 aliphatic rings. The number of nitrogens with zero attached hydrogens (tertiary/aromatic N) is 2. The maximum Gasteiger partial charge on any atom is 0.277 e. The van der Waals surface area contributed by atoms with Gasteiger partial charge in [0.1, 0.15) is 5.82 Å². The summed E-state index contributed by atoms with van der Waals surface area (Å²) in [4.78, 5) is 12.3. The number of anilines is 1. The second-order valence-corrected chi connectivity index (χ2v) is 7.75. The van der Waals surface area contributed by atoms with Crippen molar-refractivity contribution in [1.82, 2.24) is 10.2 Å². The largest absolute Gasteiger partial charge is 0.411 e. The van der Waals surface area contributed by atoms with Crippen LogP contribution in [0, 0.1) is 26.6 Å². The zero-order chi connectivity index (χ0) is 19.6. The van der Waals surface area contributed by atoms with E-state index in [1.807, 2.05) is 26.0 Å². The molecule has 0 saturated heterocycles. The van der Waals surface area contributed by atoms with Crippen LogP contribution in [0.3, 0.4) is 0 Å². The summed E-state index contributed by atoms with van der Waals surface area (Å²) >= 11 is 1.16. The first-order valence-corrected chi connectivity index (χ1v) is 9.35. The number of hydrogen-bond donors (Lipinski definition) is 1. The van der Waals surface area contributed by atoms with E-state index in [2.05, 4.69) is 21.6 Å². The van der Waals surface area contributed by atoms with Crippen molar-refractivity contribution in [2.24, 2.45) is 0 Å². The van der Waals surface area contributed by atoms with Crippen LogP contribution in [0.4, 0.5) is 10.1 Å². The number of thioether (sulfide) groups is 1. The van der Waals surface area contributed by atoms with Gasteiger partial charge in [0.2, 0.25) is 11.8 Å². The van der Waals surface area contributed by atoms with Crippen LogP contribution in [0.15, 0.2) is 46.0 Å². The predicted molar refractivity (Wildman–Crippen MR) is 104 cm³/mol. The van der Waals surface area contributed by atoms with Crippen molar-refractivity contribution in [3.8, 4) is 11.5 Å². The van der Waals surface area contributed by atoms with Gasteiger partial charge in [-0.25, -0.2) is 4.39 Å². The summed E-state index contributed by atoms with van der Waals surface area (Å²) in [5, 5.41) is 10.6. The molecule has 3 aromatic rings. The molecule has 140 valence electrons. The van der Waals surface area contributed by atoms with Crippen LogP contribution in [0.2, 0.25) is 0 Å². The summed E-state index contributed by atoms with van der Waals surface area (Å²) in [6.45, 7) is 7.40. The van der Waals surface area contributed by atoms with E-state index in [0.29, 0.717) is 22.4 Å². The minimum absolute atomic E-state index is 0.269. The fourth-order valence-corrected chi connectivity index (χ4v) is 3.27. The summed E-state index contributed by atoms with van der Waals surface area (Å²) < 4.78 is 19.3. The van der Waals surface area contributed by atoms with Crippen molar-refractivity contribution < 1.29 is 13.6 Å². The van der Waals surface area contributed by atoms with E-state index in [1.165, 1.54) is 6.07 Å². The number of carbonyl (C=O) groups excluding carboxylic acids is 1. The lowest BCUT2D eigenvalue weighted by Gasteiger charge is -2.10. The quantitative estimate of drug-likeness (QED) is 0.632. The molecule has 1 atom stereocenters. The average Bonchev–Trinajstić information content (AvgIpc) is 3.06. The maximum absolute atomic E-state index is 13.6. The van der Waals surface area contributed by atoms with Gasteiger partial charge in [-0.2, -0.15) is 0 Å². The van der Waals surface area contributed by atoms with Gasteiger partial charge >= 0.3 is 0 Å². The molecule has 5 nitrogen and oxygen atoms in total. The third kappa shape index (κ3) is 4.74. The van der Waals surface area contributed by atoms with E-state index >= 15 is 0 Å². The molecule has 0 radical (unpaired) electrons. The second kappa shape index (κ2) is 7.92. The Morgan fingerprint density at radius 1 is 1.11 bits per heavy atom. The van der Waals surface area contributed by atoms with Crippen molar-refractivity contribution in [1.29, 1.82) is 0 Å². The first-order valence-electron chi connectivity index (χ1n) is 8.47. The fourth-order valence-electron chi connectivity index (χ4n) is 2.59. The molecule has 0 saturated carbocycles. The Morgan fingerprint density at radius 3 is 2.48 bits per heavy atom. The standard InChI is InChI=1S/C20H20FN3O2S/c1-11-7-12(2)9-15(8-11)19-23-24-20(26-19)27-14(4)18(25)22-16-6-5-13(3)17(21)10-16/h5-10,14H,1-4H3,(H,22,25)/t14-/m0/s1. The van der Waals surface area contributed by atoms with Gasteiger partial charge in [0.15, 0.2) is 0 Å². The van der Waals surface area contributed by atoms with Crippen LogP contribution in [0.5, 0.6) is 0 Å². The summed E-state index contributed by atoms with van der Waals surface area (Å²) in [5.74, 6) is -0.213. The molecule has 3 rings (SSSR count). The molecule has 0 unspecified atom stereocenters. The number of aromatic nitrogens is 2.